The normalized spacial score (nSPS) is 10.2. The number of ether oxygens (including phenoxy) is 2. The lowest BCUT2D eigenvalue weighted by Crippen LogP contribution is -1.95. The zero-order valence-electron chi connectivity index (χ0n) is 9.56. The van der Waals surface area contributed by atoms with Gasteiger partial charge in [-0.1, -0.05) is 0 Å². The molecule has 0 aliphatic carbocycles. The first-order valence-electron chi connectivity index (χ1n) is 4.93. The van der Waals surface area contributed by atoms with E-state index in [0.717, 1.165) is 10.1 Å². The van der Waals surface area contributed by atoms with E-state index in [1.807, 2.05) is 6.07 Å². The molecule has 1 aromatic heterocycles. The Balaban J connectivity index is 2.34. The van der Waals surface area contributed by atoms with E-state index in [2.05, 4.69) is 9.97 Å². The minimum atomic E-state index is 0.619. The summed E-state index contributed by atoms with van der Waals surface area (Å²) in [5.41, 5.74) is 6.57. The largest absolute Gasteiger partial charge is 0.493 e. The Kier molecular flexibility index (Phi) is 3.43. The van der Waals surface area contributed by atoms with E-state index in [4.69, 9.17) is 15.2 Å². The highest BCUT2D eigenvalue weighted by Crippen LogP contribution is 2.38. The third-order valence-corrected chi connectivity index (χ3v) is 3.19. The van der Waals surface area contributed by atoms with Gasteiger partial charge in [0.1, 0.15) is 0 Å². The number of H-pyrrole nitrogens is 1. The van der Waals surface area contributed by atoms with Crippen molar-refractivity contribution in [1.29, 1.82) is 0 Å². The van der Waals surface area contributed by atoms with Gasteiger partial charge in [-0.3, -0.25) is 0 Å². The fraction of sp³-hybridized carbons (Fsp3) is 0.182. The van der Waals surface area contributed by atoms with Crippen LogP contribution in [0, 0.1) is 0 Å². The summed E-state index contributed by atoms with van der Waals surface area (Å²) in [6.07, 6.45) is 3.46. The van der Waals surface area contributed by atoms with Gasteiger partial charge in [-0.05, 0) is 11.8 Å². The highest BCUT2D eigenvalue weighted by Gasteiger charge is 2.11. The molecule has 3 N–H and O–H groups in total. The van der Waals surface area contributed by atoms with Gasteiger partial charge in [0, 0.05) is 35.1 Å². The van der Waals surface area contributed by atoms with E-state index >= 15 is 0 Å². The van der Waals surface area contributed by atoms with Crippen LogP contribution < -0.4 is 15.2 Å². The summed E-state index contributed by atoms with van der Waals surface area (Å²) in [6, 6.07) is 3.57. The minimum Gasteiger partial charge on any atom is -0.493 e. The maximum atomic E-state index is 5.94. The zero-order chi connectivity index (χ0) is 12.3. The number of methoxy groups -OCH3 is 2. The van der Waals surface area contributed by atoms with Gasteiger partial charge in [0.05, 0.1) is 14.2 Å². The summed E-state index contributed by atoms with van der Waals surface area (Å²) < 4.78 is 10.4. The fourth-order valence-electron chi connectivity index (χ4n) is 1.38. The maximum Gasteiger partial charge on any atom is 0.170 e. The summed E-state index contributed by atoms with van der Waals surface area (Å²) in [4.78, 5) is 8.01. The Bertz CT molecular complexity index is 500. The first-order valence-corrected chi connectivity index (χ1v) is 5.75. The molecular formula is C11H13N3O2S. The molecule has 0 aliphatic rings. The monoisotopic (exact) mass is 251 g/mol. The number of imidazole rings is 1. The van der Waals surface area contributed by atoms with Crippen molar-refractivity contribution >= 4 is 17.4 Å². The van der Waals surface area contributed by atoms with Gasteiger partial charge in [0.25, 0.3) is 0 Å². The van der Waals surface area contributed by atoms with Crippen molar-refractivity contribution in [3.63, 3.8) is 0 Å². The smallest absolute Gasteiger partial charge is 0.170 e. The molecule has 0 bridgehead atoms. The maximum absolute atomic E-state index is 5.94. The summed E-state index contributed by atoms with van der Waals surface area (Å²) in [7, 11) is 3.17. The Morgan fingerprint density at radius 1 is 1.24 bits per heavy atom. The number of hydrogen-bond acceptors (Lipinski definition) is 5. The Morgan fingerprint density at radius 3 is 2.53 bits per heavy atom. The second kappa shape index (κ2) is 5.01. The molecule has 0 aliphatic heterocycles. The number of benzene rings is 1. The predicted octanol–water partition coefficient (Wildman–Crippen LogP) is 2.16. The molecular weight excluding hydrogens is 238 g/mol. The first kappa shape index (κ1) is 11.7. The molecule has 0 amide bonds. The fourth-order valence-corrected chi connectivity index (χ4v) is 2.17. The van der Waals surface area contributed by atoms with Crippen LogP contribution in [0.2, 0.25) is 0 Å². The van der Waals surface area contributed by atoms with E-state index < -0.39 is 0 Å². The summed E-state index contributed by atoms with van der Waals surface area (Å²) >= 11 is 1.44. The molecule has 0 spiro atoms. The van der Waals surface area contributed by atoms with E-state index in [1.165, 1.54) is 11.8 Å². The van der Waals surface area contributed by atoms with Gasteiger partial charge in [-0.2, -0.15) is 0 Å². The molecule has 0 radical (unpaired) electrons. The van der Waals surface area contributed by atoms with Crippen LogP contribution in [-0.4, -0.2) is 24.2 Å². The van der Waals surface area contributed by atoms with E-state index in [9.17, 15) is 0 Å². The highest BCUT2D eigenvalue weighted by atomic mass is 32.2. The number of nitrogen functional groups attached to an aromatic ring is 1. The number of nitrogens with two attached hydrogens (primary N) is 1. The van der Waals surface area contributed by atoms with Crippen molar-refractivity contribution in [1.82, 2.24) is 9.97 Å². The number of aromatic amines is 1. The second-order valence-electron chi connectivity index (χ2n) is 3.24. The van der Waals surface area contributed by atoms with Crippen molar-refractivity contribution in [3.8, 4) is 11.5 Å². The number of nitrogens with zero attached hydrogens (tertiary/aromatic N) is 1. The third kappa shape index (κ3) is 2.47. The molecule has 0 unspecified atom stereocenters. The number of anilines is 1. The van der Waals surface area contributed by atoms with Gasteiger partial charge < -0.3 is 20.2 Å². The molecule has 0 atom stereocenters. The Labute approximate surface area is 103 Å². The van der Waals surface area contributed by atoms with Crippen molar-refractivity contribution in [2.75, 3.05) is 20.0 Å². The van der Waals surface area contributed by atoms with Crippen molar-refractivity contribution < 1.29 is 9.47 Å². The van der Waals surface area contributed by atoms with E-state index in [-0.39, 0.29) is 0 Å². The lowest BCUT2D eigenvalue weighted by Gasteiger charge is -2.11. The lowest BCUT2D eigenvalue weighted by molar-refractivity contribution is 0.354. The molecule has 1 aromatic carbocycles. The van der Waals surface area contributed by atoms with Crippen molar-refractivity contribution in [3.05, 3.63) is 24.5 Å². The second-order valence-corrected chi connectivity index (χ2v) is 4.27. The molecule has 5 nitrogen and oxygen atoms in total. The Hall–Kier alpha value is -1.82. The SMILES string of the molecule is COc1cc(N)c(Sc2ncc[nH]2)cc1OC. The van der Waals surface area contributed by atoms with E-state index in [1.54, 1.807) is 32.7 Å². The zero-order valence-corrected chi connectivity index (χ0v) is 10.4. The van der Waals surface area contributed by atoms with Crippen LogP contribution >= 0.6 is 11.8 Å². The lowest BCUT2D eigenvalue weighted by atomic mass is 10.3. The summed E-state index contributed by atoms with van der Waals surface area (Å²) in [5.74, 6) is 1.27. The van der Waals surface area contributed by atoms with Crippen LogP contribution in [0.15, 0.2) is 34.6 Å². The average molecular weight is 251 g/mol. The molecule has 17 heavy (non-hydrogen) atoms. The Morgan fingerprint density at radius 2 is 1.94 bits per heavy atom. The van der Waals surface area contributed by atoms with Gasteiger partial charge in [0.15, 0.2) is 16.7 Å². The van der Waals surface area contributed by atoms with Crippen LogP contribution in [0.1, 0.15) is 0 Å². The molecule has 90 valence electrons. The molecule has 1 heterocycles. The van der Waals surface area contributed by atoms with Crippen LogP contribution in [-0.2, 0) is 0 Å². The number of hydrogen-bond donors (Lipinski definition) is 2. The van der Waals surface area contributed by atoms with Gasteiger partial charge in [0.2, 0.25) is 0 Å². The van der Waals surface area contributed by atoms with Crippen LogP contribution in [0.4, 0.5) is 5.69 Å². The summed E-state index contributed by atoms with van der Waals surface area (Å²) in [5, 5.41) is 0.781. The van der Waals surface area contributed by atoms with Crippen molar-refractivity contribution in [2.45, 2.75) is 10.1 Å². The van der Waals surface area contributed by atoms with Gasteiger partial charge in [-0.15, -0.1) is 0 Å². The van der Waals surface area contributed by atoms with Crippen molar-refractivity contribution in [2.24, 2.45) is 0 Å². The van der Waals surface area contributed by atoms with E-state index in [0.29, 0.717) is 17.2 Å². The number of rotatable bonds is 4. The van der Waals surface area contributed by atoms with Crippen LogP contribution in [0.5, 0.6) is 11.5 Å². The average Bonchev–Trinajstić information content (AvgIpc) is 2.84. The predicted molar refractivity (Wildman–Crippen MR) is 66.7 cm³/mol. The molecule has 0 saturated carbocycles. The standard InChI is InChI=1S/C11H13N3O2S/c1-15-8-5-7(12)10(6-9(8)16-2)17-11-13-3-4-14-11/h3-6H,12H2,1-2H3,(H,13,14). The van der Waals surface area contributed by atoms with Crippen LogP contribution in [0.25, 0.3) is 0 Å². The topological polar surface area (TPSA) is 73.2 Å². The van der Waals surface area contributed by atoms with Gasteiger partial charge in [-0.25, -0.2) is 4.98 Å². The van der Waals surface area contributed by atoms with Gasteiger partial charge >= 0.3 is 0 Å². The quantitative estimate of drug-likeness (QED) is 0.815. The third-order valence-electron chi connectivity index (χ3n) is 2.20. The molecule has 6 heteroatoms. The van der Waals surface area contributed by atoms with Crippen LogP contribution in [0.3, 0.4) is 0 Å². The molecule has 0 fully saturated rings. The molecule has 2 rings (SSSR count). The minimum absolute atomic E-state index is 0.619. The highest BCUT2D eigenvalue weighted by molar-refractivity contribution is 7.99. The number of aromatic nitrogens is 2. The first-order chi connectivity index (χ1) is 8.24. The molecule has 2 aromatic rings. The summed E-state index contributed by atoms with van der Waals surface area (Å²) in [6.45, 7) is 0. The molecule has 0 saturated heterocycles. The number of nitrogens with one attached hydrogen (secondary N) is 1.